The number of amides is 1. The van der Waals surface area contributed by atoms with Crippen LogP contribution in [0.2, 0.25) is 0 Å². The van der Waals surface area contributed by atoms with Crippen LogP contribution in [0.5, 0.6) is 0 Å². The molecular weight excluding hydrogens is 366 g/mol. The van der Waals surface area contributed by atoms with Crippen LogP contribution >= 0.6 is 0 Å². The van der Waals surface area contributed by atoms with Crippen molar-refractivity contribution >= 4 is 22.9 Å². The third-order valence-electron chi connectivity index (χ3n) is 5.17. The van der Waals surface area contributed by atoms with E-state index in [-0.39, 0.29) is 12.1 Å². The minimum Gasteiger partial charge on any atom is -0.444 e. The molecule has 1 aliphatic heterocycles. The number of carbonyl (C=O) groups is 1. The van der Waals surface area contributed by atoms with E-state index in [9.17, 15) is 4.79 Å². The molecule has 1 aromatic carbocycles. The fourth-order valence-corrected chi connectivity index (χ4v) is 3.90. The number of nitrogens with two attached hydrogens (primary N) is 1. The van der Waals surface area contributed by atoms with Gasteiger partial charge >= 0.3 is 6.09 Å². The number of piperidine rings is 1. The fraction of sp³-hybridized carbons (Fsp3) is 0.409. The molecule has 3 heterocycles. The molecule has 29 heavy (non-hydrogen) atoms. The second kappa shape index (κ2) is 7.39. The van der Waals surface area contributed by atoms with Crippen molar-refractivity contribution < 1.29 is 9.53 Å². The Morgan fingerprint density at radius 1 is 1.21 bits per heavy atom. The summed E-state index contributed by atoms with van der Waals surface area (Å²) in [6.45, 7) is 6.94. The van der Waals surface area contributed by atoms with E-state index in [2.05, 4.69) is 32.9 Å². The van der Waals surface area contributed by atoms with E-state index >= 15 is 0 Å². The molecule has 1 atom stereocenters. The van der Waals surface area contributed by atoms with Crippen LogP contribution in [0.4, 0.5) is 10.6 Å². The van der Waals surface area contributed by atoms with Crippen LogP contribution in [-0.2, 0) is 4.74 Å². The van der Waals surface area contributed by atoms with Gasteiger partial charge in [0.25, 0.3) is 0 Å². The molecule has 2 N–H and O–H groups in total. The number of fused-ring (bicyclic) bond motifs is 1. The van der Waals surface area contributed by atoms with Crippen LogP contribution in [-0.4, -0.2) is 44.2 Å². The number of rotatable bonds is 2. The lowest BCUT2D eigenvalue weighted by Gasteiger charge is -2.34. The number of hydrogen-bond donors (Lipinski definition) is 1. The number of carbonyl (C=O) groups excluding carboxylic acids is 1. The first-order valence-electron chi connectivity index (χ1n) is 9.98. The monoisotopic (exact) mass is 393 g/mol. The molecular formula is C22H27N5O2. The summed E-state index contributed by atoms with van der Waals surface area (Å²) in [6.07, 6.45) is 5.19. The molecule has 0 saturated carbocycles. The summed E-state index contributed by atoms with van der Waals surface area (Å²) in [5.41, 5.74) is 8.60. The van der Waals surface area contributed by atoms with Crippen LogP contribution < -0.4 is 5.73 Å². The Morgan fingerprint density at radius 3 is 2.69 bits per heavy atom. The topological polar surface area (TPSA) is 86.3 Å². The average molecular weight is 393 g/mol. The van der Waals surface area contributed by atoms with Crippen molar-refractivity contribution in [3.05, 3.63) is 42.9 Å². The maximum Gasteiger partial charge on any atom is 0.410 e. The van der Waals surface area contributed by atoms with E-state index in [1.165, 1.54) is 6.33 Å². The van der Waals surface area contributed by atoms with Gasteiger partial charge in [-0.1, -0.05) is 30.3 Å². The summed E-state index contributed by atoms with van der Waals surface area (Å²) in [6, 6.07) is 10.2. The number of benzene rings is 1. The zero-order valence-corrected chi connectivity index (χ0v) is 17.1. The van der Waals surface area contributed by atoms with E-state index < -0.39 is 5.60 Å². The molecule has 0 bridgehead atoms. The average Bonchev–Trinajstić information content (AvgIpc) is 3.09. The minimum atomic E-state index is -0.508. The SMILES string of the molecule is CC(C)(C)OC(=O)N1CCCC(n2cc(-c3ccccc3)c3c(N)ncnc32)C1. The third-order valence-corrected chi connectivity index (χ3v) is 5.17. The molecule has 2 aromatic heterocycles. The molecule has 0 radical (unpaired) electrons. The smallest absolute Gasteiger partial charge is 0.410 e. The van der Waals surface area contributed by atoms with Crippen LogP contribution in [0, 0.1) is 0 Å². The predicted molar refractivity (Wildman–Crippen MR) is 113 cm³/mol. The van der Waals surface area contributed by atoms with Gasteiger partial charge in [0.15, 0.2) is 0 Å². The Kier molecular flexibility index (Phi) is 4.90. The molecule has 7 heteroatoms. The fourth-order valence-electron chi connectivity index (χ4n) is 3.90. The van der Waals surface area contributed by atoms with E-state index in [0.29, 0.717) is 18.9 Å². The normalized spacial score (nSPS) is 17.5. The van der Waals surface area contributed by atoms with Crippen LogP contribution in [0.15, 0.2) is 42.9 Å². The molecule has 1 saturated heterocycles. The van der Waals surface area contributed by atoms with Crippen LogP contribution in [0.25, 0.3) is 22.2 Å². The van der Waals surface area contributed by atoms with Gasteiger partial charge in [0.2, 0.25) is 0 Å². The van der Waals surface area contributed by atoms with Crippen LogP contribution in [0.1, 0.15) is 39.7 Å². The Labute approximate surface area is 170 Å². The number of hydrogen-bond acceptors (Lipinski definition) is 5. The lowest BCUT2D eigenvalue weighted by Crippen LogP contribution is -2.43. The van der Waals surface area contributed by atoms with E-state index in [1.807, 2.05) is 39.0 Å². The van der Waals surface area contributed by atoms with E-state index in [4.69, 9.17) is 10.5 Å². The zero-order chi connectivity index (χ0) is 20.6. The molecule has 152 valence electrons. The maximum absolute atomic E-state index is 12.6. The molecule has 7 nitrogen and oxygen atoms in total. The number of nitrogen functional groups attached to an aromatic ring is 1. The van der Waals surface area contributed by atoms with Gasteiger partial charge in [-0.3, -0.25) is 0 Å². The van der Waals surface area contributed by atoms with Gasteiger partial charge < -0.3 is 19.9 Å². The van der Waals surface area contributed by atoms with Gasteiger partial charge in [-0.15, -0.1) is 0 Å². The predicted octanol–water partition coefficient (Wildman–Crippen LogP) is 4.25. The highest BCUT2D eigenvalue weighted by molar-refractivity contribution is 6.00. The molecule has 0 aliphatic carbocycles. The number of likely N-dealkylation sites (tertiary alicyclic amines) is 1. The van der Waals surface area contributed by atoms with Gasteiger partial charge in [0, 0.05) is 24.8 Å². The van der Waals surface area contributed by atoms with Crippen molar-refractivity contribution in [1.82, 2.24) is 19.4 Å². The third kappa shape index (κ3) is 3.90. The quantitative estimate of drug-likeness (QED) is 0.703. The highest BCUT2D eigenvalue weighted by Gasteiger charge is 2.30. The van der Waals surface area contributed by atoms with Gasteiger partial charge in [-0.05, 0) is 39.2 Å². The number of nitrogens with zero attached hydrogens (tertiary/aromatic N) is 4. The zero-order valence-electron chi connectivity index (χ0n) is 17.1. The number of aromatic nitrogens is 3. The molecule has 0 spiro atoms. The highest BCUT2D eigenvalue weighted by Crippen LogP contribution is 2.36. The Morgan fingerprint density at radius 2 is 1.97 bits per heavy atom. The summed E-state index contributed by atoms with van der Waals surface area (Å²) < 4.78 is 7.72. The molecule has 1 aliphatic rings. The molecule has 1 fully saturated rings. The molecule has 1 amide bonds. The van der Waals surface area contributed by atoms with Crippen molar-refractivity contribution in [2.75, 3.05) is 18.8 Å². The largest absolute Gasteiger partial charge is 0.444 e. The van der Waals surface area contributed by atoms with Gasteiger partial charge in [0.1, 0.15) is 23.4 Å². The number of ether oxygens (including phenoxy) is 1. The number of anilines is 1. The summed E-state index contributed by atoms with van der Waals surface area (Å²) in [5.74, 6) is 0.465. The summed E-state index contributed by atoms with van der Waals surface area (Å²) in [5, 5.41) is 0.855. The molecule has 3 aromatic rings. The van der Waals surface area contributed by atoms with Crippen molar-refractivity contribution in [3.63, 3.8) is 0 Å². The van der Waals surface area contributed by atoms with Gasteiger partial charge in [0.05, 0.1) is 11.4 Å². The lowest BCUT2D eigenvalue weighted by atomic mass is 10.1. The Balaban J connectivity index is 1.71. The standard InChI is InChI=1S/C22H27N5O2/c1-22(2,3)29-21(28)26-11-7-10-16(12-26)27-13-17(15-8-5-4-6-9-15)18-19(23)24-14-25-20(18)27/h4-6,8-9,13-14,16H,7,10-12H2,1-3H3,(H2,23,24,25). The van der Waals surface area contributed by atoms with E-state index in [1.54, 1.807) is 4.90 Å². The highest BCUT2D eigenvalue weighted by atomic mass is 16.6. The summed E-state index contributed by atoms with van der Waals surface area (Å²) in [4.78, 5) is 23.1. The van der Waals surface area contributed by atoms with Crippen molar-refractivity contribution in [1.29, 1.82) is 0 Å². The minimum absolute atomic E-state index is 0.102. The first-order valence-corrected chi connectivity index (χ1v) is 9.98. The lowest BCUT2D eigenvalue weighted by molar-refractivity contribution is 0.0174. The second-order valence-electron chi connectivity index (χ2n) is 8.50. The van der Waals surface area contributed by atoms with Crippen molar-refractivity contribution in [2.45, 2.75) is 45.3 Å². The summed E-state index contributed by atoms with van der Waals surface area (Å²) >= 11 is 0. The molecule has 1 unspecified atom stereocenters. The Bertz CT molecular complexity index is 1020. The molecule has 4 rings (SSSR count). The van der Waals surface area contributed by atoms with Gasteiger partial charge in [-0.25, -0.2) is 14.8 Å². The first kappa shape index (κ1) is 19.2. The second-order valence-corrected chi connectivity index (χ2v) is 8.50. The maximum atomic E-state index is 12.6. The van der Waals surface area contributed by atoms with Crippen molar-refractivity contribution in [2.24, 2.45) is 0 Å². The summed E-state index contributed by atoms with van der Waals surface area (Å²) in [7, 11) is 0. The van der Waals surface area contributed by atoms with Crippen LogP contribution in [0.3, 0.4) is 0 Å². The van der Waals surface area contributed by atoms with Gasteiger partial charge in [-0.2, -0.15) is 0 Å². The van der Waals surface area contributed by atoms with E-state index in [0.717, 1.165) is 35.0 Å². The first-order chi connectivity index (χ1) is 13.8. The Hall–Kier alpha value is -3.09. The van der Waals surface area contributed by atoms with Crippen molar-refractivity contribution in [3.8, 4) is 11.1 Å².